The van der Waals surface area contributed by atoms with E-state index < -0.39 is 0 Å². The van der Waals surface area contributed by atoms with Crippen molar-refractivity contribution in [2.24, 2.45) is 11.8 Å². The van der Waals surface area contributed by atoms with Crippen LogP contribution in [-0.4, -0.2) is 12.6 Å². The van der Waals surface area contributed by atoms with Gasteiger partial charge in [-0.3, -0.25) is 0 Å². The molecule has 96 valence electrons. The van der Waals surface area contributed by atoms with Crippen molar-refractivity contribution in [1.29, 1.82) is 0 Å². The van der Waals surface area contributed by atoms with E-state index in [1.54, 1.807) is 0 Å². The van der Waals surface area contributed by atoms with Crippen LogP contribution < -0.4 is 5.32 Å². The Morgan fingerprint density at radius 1 is 1.12 bits per heavy atom. The van der Waals surface area contributed by atoms with Gasteiger partial charge in [-0.05, 0) is 37.6 Å². The molecule has 1 nitrogen and oxygen atoms in total. The molecule has 0 heterocycles. The first-order valence-electron chi connectivity index (χ1n) is 7.45. The summed E-state index contributed by atoms with van der Waals surface area (Å²) in [5.74, 6) is 1.87. The zero-order valence-corrected chi connectivity index (χ0v) is 11.6. The number of hydrogen-bond donors (Lipinski definition) is 1. The first-order valence-corrected chi connectivity index (χ1v) is 7.45. The third kappa shape index (κ3) is 5.89. The van der Waals surface area contributed by atoms with Crippen molar-refractivity contribution in [3.8, 4) is 0 Å². The molecule has 1 saturated carbocycles. The maximum atomic E-state index is 3.65. The molecular weight excluding hydrogens is 194 g/mol. The van der Waals surface area contributed by atoms with Crippen LogP contribution in [0.15, 0.2) is 0 Å². The molecule has 16 heavy (non-hydrogen) atoms. The van der Waals surface area contributed by atoms with Gasteiger partial charge in [-0.2, -0.15) is 0 Å². The van der Waals surface area contributed by atoms with E-state index >= 15 is 0 Å². The van der Waals surface area contributed by atoms with E-state index in [0.29, 0.717) is 0 Å². The largest absolute Gasteiger partial charge is 0.314 e. The summed E-state index contributed by atoms with van der Waals surface area (Å²) < 4.78 is 0. The molecule has 0 bridgehead atoms. The lowest BCUT2D eigenvalue weighted by molar-refractivity contribution is 0.301. The summed E-state index contributed by atoms with van der Waals surface area (Å²) in [6.07, 6.45) is 11.7. The van der Waals surface area contributed by atoms with Gasteiger partial charge >= 0.3 is 0 Å². The van der Waals surface area contributed by atoms with Gasteiger partial charge in [0.2, 0.25) is 0 Å². The van der Waals surface area contributed by atoms with Gasteiger partial charge in [-0.25, -0.2) is 0 Å². The molecule has 0 spiro atoms. The van der Waals surface area contributed by atoms with Crippen molar-refractivity contribution in [2.75, 3.05) is 6.54 Å². The van der Waals surface area contributed by atoms with Crippen molar-refractivity contribution in [2.45, 2.75) is 78.2 Å². The maximum absolute atomic E-state index is 3.65. The Balaban J connectivity index is 2.19. The van der Waals surface area contributed by atoms with Crippen LogP contribution in [0.2, 0.25) is 0 Å². The Labute approximate surface area is 102 Å². The van der Waals surface area contributed by atoms with Crippen LogP contribution in [0.3, 0.4) is 0 Å². The molecule has 1 unspecified atom stereocenters. The second kappa shape index (κ2) is 8.11. The predicted octanol–water partition coefficient (Wildman–Crippen LogP) is 4.37. The topological polar surface area (TPSA) is 12.0 Å². The normalized spacial score (nSPS) is 20.2. The lowest BCUT2D eigenvalue weighted by Crippen LogP contribution is -2.30. The van der Waals surface area contributed by atoms with Crippen LogP contribution in [0, 0.1) is 11.8 Å². The Morgan fingerprint density at radius 2 is 1.81 bits per heavy atom. The molecule has 0 saturated heterocycles. The summed E-state index contributed by atoms with van der Waals surface area (Å²) in [7, 11) is 0. The molecule has 0 aromatic rings. The minimum atomic E-state index is 0.770. The van der Waals surface area contributed by atoms with E-state index in [1.807, 2.05) is 0 Å². The van der Waals surface area contributed by atoms with Crippen molar-refractivity contribution in [1.82, 2.24) is 5.32 Å². The molecule has 1 aliphatic rings. The lowest BCUT2D eigenvalue weighted by atomic mass is 9.84. The molecule has 0 aliphatic heterocycles. The van der Waals surface area contributed by atoms with Crippen molar-refractivity contribution in [3.63, 3.8) is 0 Å². The van der Waals surface area contributed by atoms with Crippen LogP contribution in [0.5, 0.6) is 0 Å². The molecule has 0 aromatic carbocycles. The van der Waals surface area contributed by atoms with Gasteiger partial charge < -0.3 is 5.32 Å². The van der Waals surface area contributed by atoms with Crippen molar-refractivity contribution < 1.29 is 0 Å². The summed E-state index contributed by atoms with van der Waals surface area (Å²) in [5, 5.41) is 3.65. The molecule has 1 rings (SSSR count). The van der Waals surface area contributed by atoms with Gasteiger partial charge in [0.25, 0.3) is 0 Å². The van der Waals surface area contributed by atoms with Gasteiger partial charge in [0.05, 0.1) is 0 Å². The highest BCUT2D eigenvalue weighted by Gasteiger charge is 2.16. The molecule has 1 fully saturated rings. The minimum absolute atomic E-state index is 0.770. The third-order valence-corrected chi connectivity index (χ3v) is 3.90. The highest BCUT2D eigenvalue weighted by Crippen LogP contribution is 2.28. The zero-order chi connectivity index (χ0) is 11.8. The Bertz CT molecular complexity index is 159. The van der Waals surface area contributed by atoms with Crippen molar-refractivity contribution >= 4 is 0 Å². The van der Waals surface area contributed by atoms with Crippen LogP contribution in [0.4, 0.5) is 0 Å². The Morgan fingerprint density at radius 3 is 2.38 bits per heavy atom. The number of rotatable bonds is 7. The van der Waals surface area contributed by atoms with Crippen LogP contribution in [-0.2, 0) is 0 Å². The predicted molar refractivity (Wildman–Crippen MR) is 72.7 cm³/mol. The lowest BCUT2D eigenvalue weighted by Gasteiger charge is -2.25. The molecule has 1 atom stereocenters. The van der Waals surface area contributed by atoms with Crippen LogP contribution in [0.1, 0.15) is 72.1 Å². The molecule has 0 radical (unpaired) electrons. The fourth-order valence-corrected chi connectivity index (χ4v) is 3.07. The van der Waals surface area contributed by atoms with E-state index in [1.165, 1.54) is 51.4 Å². The van der Waals surface area contributed by atoms with Gasteiger partial charge in [-0.15, -0.1) is 0 Å². The fraction of sp³-hybridized carbons (Fsp3) is 1.00. The molecule has 1 aliphatic carbocycles. The van der Waals surface area contributed by atoms with Gasteiger partial charge in [0.1, 0.15) is 0 Å². The highest BCUT2D eigenvalue weighted by molar-refractivity contribution is 4.72. The SMILES string of the molecule is CCNC(CCC1CCCCC1)CC(C)C. The first-order chi connectivity index (χ1) is 7.72. The fourth-order valence-electron chi connectivity index (χ4n) is 3.07. The highest BCUT2D eigenvalue weighted by atomic mass is 14.9. The summed E-state index contributed by atoms with van der Waals surface area (Å²) in [5.41, 5.74) is 0. The molecule has 1 N–H and O–H groups in total. The van der Waals surface area contributed by atoms with Gasteiger partial charge in [0, 0.05) is 6.04 Å². The Kier molecular flexibility index (Phi) is 7.11. The van der Waals surface area contributed by atoms with E-state index in [2.05, 4.69) is 26.1 Å². The Hall–Kier alpha value is -0.0400. The molecule has 0 amide bonds. The third-order valence-electron chi connectivity index (χ3n) is 3.90. The van der Waals surface area contributed by atoms with Crippen LogP contribution >= 0.6 is 0 Å². The summed E-state index contributed by atoms with van der Waals surface area (Å²) in [6.45, 7) is 8.03. The molecule has 0 aromatic heterocycles. The monoisotopic (exact) mass is 225 g/mol. The average Bonchev–Trinajstić information content (AvgIpc) is 2.27. The average molecular weight is 225 g/mol. The maximum Gasteiger partial charge on any atom is 0.00694 e. The van der Waals surface area contributed by atoms with E-state index in [0.717, 1.165) is 24.4 Å². The second-order valence-electron chi connectivity index (χ2n) is 5.97. The molecular formula is C15H31N. The second-order valence-corrected chi connectivity index (χ2v) is 5.97. The van der Waals surface area contributed by atoms with Crippen LogP contribution in [0.25, 0.3) is 0 Å². The van der Waals surface area contributed by atoms with Gasteiger partial charge in [0.15, 0.2) is 0 Å². The number of hydrogen-bond acceptors (Lipinski definition) is 1. The number of nitrogens with one attached hydrogen (secondary N) is 1. The van der Waals surface area contributed by atoms with E-state index in [-0.39, 0.29) is 0 Å². The molecule has 1 heteroatoms. The summed E-state index contributed by atoms with van der Waals surface area (Å²) >= 11 is 0. The van der Waals surface area contributed by atoms with E-state index in [9.17, 15) is 0 Å². The standard InChI is InChI=1S/C15H31N/c1-4-16-15(12-13(2)3)11-10-14-8-6-5-7-9-14/h13-16H,4-12H2,1-3H3. The van der Waals surface area contributed by atoms with Crippen molar-refractivity contribution in [3.05, 3.63) is 0 Å². The van der Waals surface area contributed by atoms with E-state index in [4.69, 9.17) is 0 Å². The first kappa shape index (κ1) is 14.0. The smallest absolute Gasteiger partial charge is 0.00694 e. The quantitative estimate of drug-likeness (QED) is 0.678. The summed E-state index contributed by atoms with van der Waals surface area (Å²) in [6, 6.07) is 0.770. The minimum Gasteiger partial charge on any atom is -0.314 e. The van der Waals surface area contributed by atoms with Gasteiger partial charge in [-0.1, -0.05) is 52.9 Å². The summed E-state index contributed by atoms with van der Waals surface area (Å²) in [4.78, 5) is 0. The zero-order valence-electron chi connectivity index (χ0n) is 11.6.